The lowest BCUT2D eigenvalue weighted by Crippen LogP contribution is -2.49. The van der Waals surface area contributed by atoms with Gasteiger partial charge in [0.15, 0.2) is 0 Å². The normalized spacial score (nSPS) is 17.4. The van der Waals surface area contributed by atoms with Crippen molar-refractivity contribution >= 4 is 23.4 Å². The Morgan fingerprint density at radius 1 is 1.00 bits per heavy atom. The Hall–Kier alpha value is -1.21. The number of nitrogens with one attached hydrogen (secondary N) is 1. The minimum absolute atomic E-state index is 0.303. The summed E-state index contributed by atoms with van der Waals surface area (Å²) in [6, 6.07) is 12.3. The topological polar surface area (TPSA) is 15.3 Å². The molecule has 1 heterocycles. The fourth-order valence-electron chi connectivity index (χ4n) is 2.95. The van der Waals surface area contributed by atoms with Gasteiger partial charge >= 0.3 is 6.18 Å². The van der Waals surface area contributed by atoms with Gasteiger partial charge < -0.3 is 5.32 Å². The van der Waals surface area contributed by atoms with Crippen LogP contribution in [0.15, 0.2) is 58.3 Å². The first-order valence-electron chi connectivity index (χ1n) is 7.99. The summed E-state index contributed by atoms with van der Waals surface area (Å²) in [6.07, 6.45) is -4.33. The highest BCUT2D eigenvalue weighted by molar-refractivity contribution is 7.99. The van der Waals surface area contributed by atoms with Gasteiger partial charge in [0.2, 0.25) is 0 Å². The Bertz CT molecular complexity index is 700. The molecule has 1 saturated heterocycles. The van der Waals surface area contributed by atoms with Gasteiger partial charge in [-0.15, -0.1) is 0 Å². The SMILES string of the molecule is FC(F)(F)[C@H](c1ccccc1Sc1ccc(Cl)cc1)N1CCNCC1. The van der Waals surface area contributed by atoms with Crippen molar-refractivity contribution in [2.45, 2.75) is 22.0 Å². The molecular formula is C18H18ClF3N2S. The molecule has 2 nitrogen and oxygen atoms in total. The number of halogens is 4. The zero-order chi connectivity index (χ0) is 17.9. The first-order chi connectivity index (χ1) is 11.9. The molecule has 0 aromatic heterocycles. The highest BCUT2D eigenvalue weighted by atomic mass is 35.5. The van der Waals surface area contributed by atoms with E-state index in [1.54, 1.807) is 36.4 Å². The summed E-state index contributed by atoms with van der Waals surface area (Å²) in [7, 11) is 0. The van der Waals surface area contributed by atoms with E-state index >= 15 is 0 Å². The molecule has 0 aliphatic carbocycles. The maximum atomic E-state index is 13.9. The van der Waals surface area contributed by atoms with Crippen LogP contribution in [0.3, 0.4) is 0 Å². The van der Waals surface area contributed by atoms with Crippen molar-refractivity contribution in [2.24, 2.45) is 0 Å². The van der Waals surface area contributed by atoms with Crippen molar-refractivity contribution in [3.8, 4) is 0 Å². The predicted molar refractivity (Wildman–Crippen MR) is 95.3 cm³/mol. The molecule has 1 N–H and O–H groups in total. The average molecular weight is 387 g/mol. The zero-order valence-electron chi connectivity index (χ0n) is 13.4. The molecule has 1 aliphatic rings. The van der Waals surface area contributed by atoms with Crippen LogP contribution in [0.25, 0.3) is 0 Å². The van der Waals surface area contributed by atoms with Crippen LogP contribution in [0.4, 0.5) is 13.2 Å². The number of benzene rings is 2. The van der Waals surface area contributed by atoms with E-state index in [0.29, 0.717) is 41.7 Å². The van der Waals surface area contributed by atoms with E-state index in [2.05, 4.69) is 5.32 Å². The summed E-state index contributed by atoms with van der Waals surface area (Å²) >= 11 is 7.22. The average Bonchev–Trinajstić information content (AvgIpc) is 2.58. The summed E-state index contributed by atoms with van der Waals surface area (Å²) in [5.74, 6) is 0. The maximum absolute atomic E-state index is 13.9. The third-order valence-corrected chi connectivity index (χ3v) is 5.43. The maximum Gasteiger partial charge on any atom is 0.408 e. The molecule has 2 aromatic rings. The second-order valence-corrected chi connectivity index (χ2v) is 7.38. The van der Waals surface area contributed by atoms with Gasteiger partial charge in [-0.05, 0) is 35.9 Å². The third kappa shape index (κ3) is 4.70. The van der Waals surface area contributed by atoms with Crippen molar-refractivity contribution in [1.29, 1.82) is 0 Å². The highest BCUT2D eigenvalue weighted by Crippen LogP contribution is 2.43. The van der Waals surface area contributed by atoms with Crippen molar-refractivity contribution < 1.29 is 13.2 Å². The molecule has 0 spiro atoms. The first-order valence-corrected chi connectivity index (χ1v) is 9.18. The summed E-state index contributed by atoms with van der Waals surface area (Å²) in [5, 5.41) is 3.71. The van der Waals surface area contributed by atoms with Crippen LogP contribution in [0.2, 0.25) is 5.02 Å². The van der Waals surface area contributed by atoms with E-state index < -0.39 is 12.2 Å². The van der Waals surface area contributed by atoms with Gasteiger partial charge in [-0.3, -0.25) is 4.90 Å². The largest absolute Gasteiger partial charge is 0.408 e. The van der Waals surface area contributed by atoms with Gasteiger partial charge in [-0.2, -0.15) is 13.2 Å². The van der Waals surface area contributed by atoms with Crippen LogP contribution in [0, 0.1) is 0 Å². The molecule has 1 aliphatic heterocycles. The van der Waals surface area contributed by atoms with E-state index in [1.165, 1.54) is 16.7 Å². The van der Waals surface area contributed by atoms with Crippen molar-refractivity contribution in [3.05, 3.63) is 59.1 Å². The Morgan fingerprint density at radius 3 is 2.28 bits per heavy atom. The Balaban J connectivity index is 1.94. The number of hydrogen-bond acceptors (Lipinski definition) is 3. The van der Waals surface area contributed by atoms with Crippen molar-refractivity contribution in [2.75, 3.05) is 26.2 Å². The monoisotopic (exact) mass is 386 g/mol. The molecule has 7 heteroatoms. The minimum Gasteiger partial charge on any atom is -0.314 e. The highest BCUT2D eigenvalue weighted by Gasteiger charge is 2.45. The summed E-state index contributed by atoms with van der Waals surface area (Å²) in [6.45, 7) is 1.90. The lowest BCUT2D eigenvalue weighted by Gasteiger charge is -2.36. The van der Waals surface area contributed by atoms with Crippen LogP contribution >= 0.6 is 23.4 Å². The molecule has 1 fully saturated rings. The Morgan fingerprint density at radius 2 is 1.64 bits per heavy atom. The molecule has 0 radical (unpaired) electrons. The molecule has 25 heavy (non-hydrogen) atoms. The molecule has 0 amide bonds. The number of piperazine rings is 1. The van der Waals surface area contributed by atoms with Gasteiger partial charge in [-0.1, -0.05) is 41.6 Å². The van der Waals surface area contributed by atoms with Gasteiger partial charge in [0.05, 0.1) is 0 Å². The van der Waals surface area contributed by atoms with E-state index in [9.17, 15) is 13.2 Å². The minimum atomic E-state index is -4.33. The van der Waals surface area contributed by atoms with E-state index in [4.69, 9.17) is 11.6 Å². The molecule has 0 bridgehead atoms. The van der Waals surface area contributed by atoms with Gasteiger partial charge in [-0.25, -0.2) is 0 Å². The number of nitrogens with zero attached hydrogens (tertiary/aromatic N) is 1. The van der Waals surface area contributed by atoms with E-state index in [0.717, 1.165) is 4.90 Å². The predicted octanol–water partition coefficient (Wildman–Crippen LogP) is 5.00. The third-order valence-electron chi connectivity index (χ3n) is 4.08. The quantitative estimate of drug-likeness (QED) is 0.796. The fraction of sp³-hybridized carbons (Fsp3) is 0.333. The van der Waals surface area contributed by atoms with Crippen LogP contribution in [0.5, 0.6) is 0 Å². The van der Waals surface area contributed by atoms with Crippen LogP contribution in [0.1, 0.15) is 11.6 Å². The van der Waals surface area contributed by atoms with E-state index in [-0.39, 0.29) is 0 Å². The van der Waals surface area contributed by atoms with Gasteiger partial charge in [0.25, 0.3) is 0 Å². The molecule has 2 aromatic carbocycles. The summed E-state index contributed by atoms with van der Waals surface area (Å²) in [4.78, 5) is 2.99. The molecule has 1 atom stereocenters. The molecule has 0 saturated carbocycles. The number of hydrogen-bond donors (Lipinski definition) is 1. The molecule has 0 unspecified atom stereocenters. The van der Waals surface area contributed by atoms with Crippen LogP contribution < -0.4 is 5.32 Å². The molecule has 3 rings (SSSR count). The van der Waals surface area contributed by atoms with Crippen LogP contribution in [-0.2, 0) is 0 Å². The first kappa shape index (κ1) is 18.6. The molecular weight excluding hydrogens is 369 g/mol. The van der Waals surface area contributed by atoms with Gasteiger partial charge in [0, 0.05) is 41.0 Å². The smallest absolute Gasteiger partial charge is 0.314 e. The summed E-state index contributed by atoms with van der Waals surface area (Å²) in [5.41, 5.74) is 0.303. The summed E-state index contributed by atoms with van der Waals surface area (Å²) < 4.78 is 41.6. The lowest BCUT2D eigenvalue weighted by atomic mass is 10.0. The van der Waals surface area contributed by atoms with Gasteiger partial charge in [0.1, 0.15) is 6.04 Å². The fourth-order valence-corrected chi connectivity index (χ4v) is 4.05. The number of rotatable bonds is 4. The standard InChI is InChI=1S/C18H18ClF3N2S/c19-13-5-7-14(8-6-13)25-16-4-2-1-3-15(16)17(18(20,21)22)24-11-9-23-10-12-24/h1-8,17,23H,9-12H2/t17-/m0/s1. The Kier molecular flexibility index (Phi) is 5.94. The lowest BCUT2D eigenvalue weighted by molar-refractivity contribution is -0.188. The Labute approximate surface area is 154 Å². The van der Waals surface area contributed by atoms with E-state index in [1.807, 2.05) is 12.1 Å². The van der Waals surface area contributed by atoms with Crippen LogP contribution in [-0.4, -0.2) is 37.3 Å². The molecule has 134 valence electrons. The van der Waals surface area contributed by atoms with Crippen molar-refractivity contribution in [3.63, 3.8) is 0 Å². The number of alkyl halides is 3. The zero-order valence-corrected chi connectivity index (χ0v) is 15.0. The second-order valence-electron chi connectivity index (χ2n) is 5.82. The second kappa shape index (κ2) is 7.99. The van der Waals surface area contributed by atoms with Crippen molar-refractivity contribution in [1.82, 2.24) is 10.2 Å².